The van der Waals surface area contributed by atoms with Crippen LogP contribution in [0.25, 0.3) is 0 Å². The Morgan fingerprint density at radius 3 is 2.52 bits per heavy atom. The summed E-state index contributed by atoms with van der Waals surface area (Å²) in [4.78, 5) is 0. The van der Waals surface area contributed by atoms with Crippen LogP contribution in [-0.2, 0) is 12.7 Å². The summed E-state index contributed by atoms with van der Waals surface area (Å²) in [5, 5.41) is 21.2. The molecule has 2 N–H and O–H groups in total. The number of phenols is 1. The van der Waals surface area contributed by atoms with Crippen molar-refractivity contribution in [1.82, 2.24) is 0 Å². The number of halogens is 3. The average Bonchev–Trinajstić information content (AvgIpc) is 2.44. The molecule has 2 rings (SSSR count). The summed E-state index contributed by atoms with van der Waals surface area (Å²) in [6.07, 6.45) is -4.48. The molecule has 0 spiro atoms. The largest absolute Gasteiger partial charge is 0.508 e. The van der Waals surface area contributed by atoms with Crippen molar-refractivity contribution in [2.75, 3.05) is 5.32 Å². The van der Waals surface area contributed by atoms with Gasteiger partial charge in [0.2, 0.25) is 0 Å². The molecule has 0 fully saturated rings. The monoisotopic (exact) mass is 292 g/mol. The fourth-order valence-corrected chi connectivity index (χ4v) is 1.83. The first-order valence-electron chi connectivity index (χ1n) is 6.03. The van der Waals surface area contributed by atoms with E-state index in [1.165, 1.54) is 18.2 Å². The van der Waals surface area contributed by atoms with Crippen LogP contribution >= 0.6 is 0 Å². The Bertz CT molecular complexity index is 690. The van der Waals surface area contributed by atoms with Gasteiger partial charge in [-0.05, 0) is 35.9 Å². The summed E-state index contributed by atoms with van der Waals surface area (Å²) in [6.45, 7) is 0.286. The Morgan fingerprint density at radius 2 is 1.90 bits per heavy atom. The molecule has 0 saturated carbocycles. The van der Waals surface area contributed by atoms with E-state index in [0.717, 1.165) is 17.7 Å². The molecule has 108 valence electrons. The summed E-state index contributed by atoms with van der Waals surface area (Å²) in [7, 11) is 0. The van der Waals surface area contributed by atoms with E-state index in [2.05, 4.69) is 5.32 Å². The van der Waals surface area contributed by atoms with Crippen molar-refractivity contribution in [2.24, 2.45) is 0 Å². The Kier molecular flexibility index (Phi) is 4.03. The fourth-order valence-electron chi connectivity index (χ4n) is 1.83. The maximum Gasteiger partial charge on any atom is 0.416 e. The molecule has 0 aliphatic rings. The Balaban J connectivity index is 2.19. The molecule has 0 bridgehead atoms. The lowest BCUT2D eigenvalue weighted by atomic mass is 10.1. The number of anilines is 1. The molecule has 0 aliphatic carbocycles. The standard InChI is InChI=1S/C15H11F3N2O/c16-15(17,18)12-4-5-14(11(7-12)8-19)20-9-10-2-1-3-13(21)6-10/h1-7,20-21H,9H2. The Morgan fingerprint density at radius 1 is 1.14 bits per heavy atom. The van der Waals surface area contributed by atoms with Gasteiger partial charge in [-0.1, -0.05) is 12.1 Å². The lowest BCUT2D eigenvalue weighted by Crippen LogP contribution is -2.07. The summed E-state index contributed by atoms with van der Waals surface area (Å²) < 4.78 is 37.7. The highest BCUT2D eigenvalue weighted by atomic mass is 19.4. The lowest BCUT2D eigenvalue weighted by molar-refractivity contribution is -0.137. The van der Waals surface area contributed by atoms with Gasteiger partial charge < -0.3 is 10.4 Å². The molecule has 0 atom stereocenters. The molecule has 2 aromatic rings. The van der Waals surface area contributed by atoms with Crippen LogP contribution in [0.15, 0.2) is 42.5 Å². The van der Waals surface area contributed by atoms with E-state index >= 15 is 0 Å². The van der Waals surface area contributed by atoms with Crippen molar-refractivity contribution in [3.05, 3.63) is 59.2 Å². The number of nitrogens with one attached hydrogen (secondary N) is 1. The Labute approximate surface area is 119 Å². The highest BCUT2D eigenvalue weighted by Gasteiger charge is 2.31. The van der Waals surface area contributed by atoms with Gasteiger partial charge in [-0.25, -0.2) is 0 Å². The Hall–Kier alpha value is -2.68. The molecular formula is C15H11F3N2O. The van der Waals surface area contributed by atoms with E-state index in [0.29, 0.717) is 5.69 Å². The summed E-state index contributed by atoms with van der Waals surface area (Å²) >= 11 is 0. The summed E-state index contributed by atoms with van der Waals surface area (Å²) in [6, 6.07) is 11.2. The summed E-state index contributed by atoms with van der Waals surface area (Å²) in [5.41, 5.74) is 0.125. The van der Waals surface area contributed by atoms with Gasteiger partial charge >= 0.3 is 6.18 Å². The second-order valence-electron chi connectivity index (χ2n) is 4.39. The molecule has 21 heavy (non-hydrogen) atoms. The van der Waals surface area contributed by atoms with Gasteiger partial charge in [0, 0.05) is 6.54 Å². The lowest BCUT2D eigenvalue weighted by Gasteiger charge is -2.12. The third-order valence-corrected chi connectivity index (χ3v) is 2.86. The van der Waals surface area contributed by atoms with Crippen molar-refractivity contribution in [3.8, 4) is 11.8 Å². The first-order chi connectivity index (χ1) is 9.90. The number of nitrogens with zero attached hydrogens (tertiary/aromatic N) is 1. The molecule has 0 heterocycles. The normalized spacial score (nSPS) is 11.0. The maximum absolute atomic E-state index is 12.6. The molecule has 0 aromatic heterocycles. The first kappa shape index (κ1) is 14.7. The minimum absolute atomic E-state index is 0.0787. The van der Waals surface area contributed by atoms with E-state index in [-0.39, 0.29) is 17.9 Å². The third-order valence-electron chi connectivity index (χ3n) is 2.86. The van der Waals surface area contributed by atoms with Crippen LogP contribution in [0, 0.1) is 11.3 Å². The second-order valence-corrected chi connectivity index (χ2v) is 4.39. The number of benzene rings is 2. The SMILES string of the molecule is N#Cc1cc(C(F)(F)F)ccc1NCc1cccc(O)c1. The smallest absolute Gasteiger partial charge is 0.416 e. The maximum atomic E-state index is 12.6. The van der Waals surface area contributed by atoms with E-state index < -0.39 is 11.7 Å². The fraction of sp³-hybridized carbons (Fsp3) is 0.133. The topological polar surface area (TPSA) is 56.0 Å². The van der Waals surface area contributed by atoms with Crippen LogP contribution in [-0.4, -0.2) is 5.11 Å². The zero-order valence-corrected chi connectivity index (χ0v) is 10.8. The van der Waals surface area contributed by atoms with Crippen LogP contribution in [0.5, 0.6) is 5.75 Å². The van der Waals surface area contributed by atoms with Crippen molar-refractivity contribution < 1.29 is 18.3 Å². The van der Waals surface area contributed by atoms with Gasteiger partial charge in [0.15, 0.2) is 0 Å². The number of phenolic OH excluding ortho intramolecular Hbond substituents is 1. The van der Waals surface area contributed by atoms with Crippen LogP contribution in [0.1, 0.15) is 16.7 Å². The van der Waals surface area contributed by atoms with Crippen molar-refractivity contribution in [1.29, 1.82) is 5.26 Å². The van der Waals surface area contributed by atoms with E-state index in [1.54, 1.807) is 18.2 Å². The van der Waals surface area contributed by atoms with Crippen molar-refractivity contribution >= 4 is 5.69 Å². The molecule has 0 saturated heterocycles. The number of hydrogen-bond donors (Lipinski definition) is 2. The molecule has 0 amide bonds. The van der Waals surface area contributed by atoms with Crippen LogP contribution in [0.3, 0.4) is 0 Å². The van der Waals surface area contributed by atoms with Gasteiger partial charge in [-0.15, -0.1) is 0 Å². The zero-order valence-electron chi connectivity index (χ0n) is 10.8. The molecule has 2 aromatic carbocycles. The summed E-state index contributed by atoms with van der Waals surface area (Å²) in [5.74, 6) is 0.0993. The number of nitriles is 1. The molecule has 0 aliphatic heterocycles. The van der Waals surface area contributed by atoms with Gasteiger partial charge in [-0.2, -0.15) is 18.4 Å². The van der Waals surface area contributed by atoms with Crippen LogP contribution in [0.4, 0.5) is 18.9 Å². The van der Waals surface area contributed by atoms with Crippen molar-refractivity contribution in [2.45, 2.75) is 12.7 Å². The van der Waals surface area contributed by atoms with Gasteiger partial charge in [0.25, 0.3) is 0 Å². The van der Waals surface area contributed by atoms with E-state index in [9.17, 15) is 18.3 Å². The minimum atomic E-state index is -4.48. The first-order valence-corrected chi connectivity index (χ1v) is 6.03. The third kappa shape index (κ3) is 3.66. The minimum Gasteiger partial charge on any atom is -0.508 e. The molecular weight excluding hydrogens is 281 g/mol. The highest BCUT2D eigenvalue weighted by Crippen LogP contribution is 2.31. The predicted octanol–water partition coefficient (Wildman–Crippen LogP) is 3.89. The molecule has 0 radical (unpaired) electrons. The molecule has 6 heteroatoms. The molecule has 0 unspecified atom stereocenters. The highest BCUT2D eigenvalue weighted by molar-refractivity contribution is 5.59. The second kappa shape index (κ2) is 5.75. The van der Waals surface area contributed by atoms with Gasteiger partial charge in [-0.3, -0.25) is 0 Å². The number of hydrogen-bond acceptors (Lipinski definition) is 3. The quantitative estimate of drug-likeness (QED) is 0.902. The molecule has 3 nitrogen and oxygen atoms in total. The average molecular weight is 292 g/mol. The van der Waals surface area contributed by atoms with Crippen LogP contribution in [0.2, 0.25) is 0 Å². The van der Waals surface area contributed by atoms with E-state index in [4.69, 9.17) is 5.26 Å². The van der Waals surface area contributed by atoms with Crippen molar-refractivity contribution in [3.63, 3.8) is 0 Å². The van der Waals surface area contributed by atoms with E-state index in [1.807, 2.05) is 0 Å². The predicted molar refractivity (Wildman–Crippen MR) is 71.6 cm³/mol. The number of aromatic hydroxyl groups is 1. The number of alkyl halides is 3. The van der Waals surface area contributed by atoms with Gasteiger partial charge in [0.05, 0.1) is 16.8 Å². The van der Waals surface area contributed by atoms with Crippen LogP contribution < -0.4 is 5.32 Å². The number of rotatable bonds is 3. The van der Waals surface area contributed by atoms with Gasteiger partial charge in [0.1, 0.15) is 11.8 Å². The zero-order chi connectivity index (χ0) is 15.5.